The third-order valence-corrected chi connectivity index (χ3v) is 7.18. The number of aliphatic carboxylic acids is 1. The Balaban J connectivity index is 4.12. The minimum atomic E-state index is -4.58. The number of ether oxygens (including phenoxy) is 2. The van der Waals surface area contributed by atoms with Crippen LogP contribution in [-0.4, -0.2) is 81.7 Å². The van der Waals surface area contributed by atoms with Gasteiger partial charge in [-0.05, 0) is 6.42 Å². The average molecular weight is 582 g/mol. The summed E-state index contributed by atoms with van der Waals surface area (Å²) in [5, 5.41) is 8.75. The molecule has 1 N–H and O–H groups in total. The number of rotatable bonds is 28. The Kier molecular flexibility index (Phi) is 23.0. The summed E-state index contributed by atoms with van der Waals surface area (Å²) >= 11 is 0. The largest absolute Gasteiger partial charge is 0.756 e. The zero-order chi connectivity index (χ0) is 29.4. The molecule has 11 heteroatoms. The topological polar surface area (TPSA) is 131 Å². The number of nitrogens with zero attached hydrogens (tertiary/aromatic N) is 1. The standard InChI is InChI=1S/C28H56NO9P/c1-5-6-7-8-9-10-11-12-13-14-15-16-17-18-22-35-24-26(38-28(32)20-19-27(30)31)25-37-39(33,34)36-23-21-29(2,3)4/h26H,5-25H2,1-4H3,(H-,30,31,33,34). The van der Waals surface area contributed by atoms with E-state index in [1.165, 1.54) is 70.6 Å². The Morgan fingerprint density at radius 1 is 0.769 bits per heavy atom. The Bertz CT molecular complexity index is 670. The molecule has 0 aliphatic heterocycles. The molecule has 10 nitrogen and oxygen atoms in total. The molecule has 0 radical (unpaired) electrons. The van der Waals surface area contributed by atoms with Crippen molar-refractivity contribution in [2.45, 2.75) is 116 Å². The van der Waals surface area contributed by atoms with Gasteiger partial charge in [0.15, 0.2) is 0 Å². The first-order chi connectivity index (χ1) is 18.4. The summed E-state index contributed by atoms with van der Waals surface area (Å²) in [4.78, 5) is 34.7. The van der Waals surface area contributed by atoms with Gasteiger partial charge in [-0.15, -0.1) is 0 Å². The number of unbranched alkanes of at least 4 members (excludes halogenated alkanes) is 13. The van der Waals surface area contributed by atoms with Crippen molar-refractivity contribution in [1.29, 1.82) is 0 Å². The van der Waals surface area contributed by atoms with Crippen LogP contribution >= 0.6 is 7.82 Å². The summed E-state index contributed by atoms with van der Waals surface area (Å²) in [6.07, 6.45) is 15.9. The van der Waals surface area contributed by atoms with Crippen LogP contribution in [0, 0.1) is 0 Å². The molecule has 0 fully saturated rings. The van der Waals surface area contributed by atoms with Crippen molar-refractivity contribution in [2.24, 2.45) is 0 Å². The number of carbonyl (C=O) groups excluding carboxylic acids is 1. The highest BCUT2D eigenvalue weighted by atomic mass is 31.2. The highest BCUT2D eigenvalue weighted by molar-refractivity contribution is 7.45. The fourth-order valence-corrected chi connectivity index (χ4v) is 4.55. The molecular weight excluding hydrogens is 525 g/mol. The lowest BCUT2D eigenvalue weighted by atomic mass is 10.0. The van der Waals surface area contributed by atoms with Crippen LogP contribution in [0.2, 0.25) is 0 Å². The molecule has 0 amide bonds. The van der Waals surface area contributed by atoms with E-state index in [2.05, 4.69) is 6.92 Å². The molecule has 2 atom stereocenters. The lowest BCUT2D eigenvalue weighted by molar-refractivity contribution is -0.870. The van der Waals surface area contributed by atoms with E-state index < -0.39 is 32.5 Å². The summed E-state index contributed by atoms with van der Waals surface area (Å²) in [5.74, 6) is -1.87. The second-order valence-corrected chi connectivity index (χ2v) is 12.7. The number of hydrogen-bond acceptors (Lipinski definition) is 8. The molecule has 0 rings (SSSR count). The lowest BCUT2D eigenvalue weighted by Gasteiger charge is -2.28. The maximum atomic E-state index is 12.1. The Hall–Kier alpha value is -1.03. The molecule has 0 aliphatic carbocycles. The fraction of sp³-hybridized carbons (Fsp3) is 0.929. The molecule has 232 valence electrons. The van der Waals surface area contributed by atoms with E-state index in [1.807, 2.05) is 21.1 Å². The van der Waals surface area contributed by atoms with Crippen LogP contribution in [0.3, 0.4) is 0 Å². The fourth-order valence-electron chi connectivity index (χ4n) is 3.82. The molecule has 0 saturated heterocycles. The number of quaternary nitrogens is 1. The maximum absolute atomic E-state index is 12.1. The third-order valence-electron chi connectivity index (χ3n) is 6.22. The van der Waals surface area contributed by atoms with Crippen LogP contribution < -0.4 is 4.89 Å². The molecule has 0 aromatic heterocycles. The number of carboxylic acid groups (broad SMARTS) is 1. The highest BCUT2D eigenvalue weighted by Crippen LogP contribution is 2.38. The van der Waals surface area contributed by atoms with Gasteiger partial charge in [-0.2, -0.15) is 0 Å². The average Bonchev–Trinajstić information content (AvgIpc) is 2.84. The molecule has 0 heterocycles. The number of likely N-dealkylation sites (N-methyl/N-ethyl adjacent to an activating group) is 1. The number of phosphoric acid groups is 1. The Morgan fingerprint density at radius 2 is 1.28 bits per heavy atom. The molecule has 39 heavy (non-hydrogen) atoms. The summed E-state index contributed by atoms with van der Waals surface area (Å²) < 4.78 is 33.2. The van der Waals surface area contributed by atoms with Crippen molar-refractivity contribution < 1.29 is 47.2 Å². The van der Waals surface area contributed by atoms with E-state index in [4.69, 9.17) is 23.6 Å². The van der Waals surface area contributed by atoms with Gasteiger partial charge < -0.3 is 33.0 Å². The highest BCUT2D eigenvalue weighted by Gasteiger charge is 2.20. The van der Waals surface area contributed by atoms with Gasteiger partial charge in [-0.1, -0.05) is 90.4 Å². The van der Waals surface area contributed by atoms with E-state index in [0.717, 1.165) is 19.3 Å². The molecule has 0 bridgehead atoms. The first-order valence-electron chi connectivity index (χ1n) is 14.8. The van der Waals surface area contributed by atoms with Crippen LogP contribution in [0.1, 0.15) is 110 Å². The van der Waals surface area contributed by atoms with Crippen molar-refractivity contribution in [1.82, 2.24) is 0 Å². The summed E-state index contributed by atoms with van der Waals surface area (Å²) in [7, 11) is 1.13. The quantitative estimate of drug-likeness (QED) is 0.0553. The smallest absolute Gasteiger partial charge is 0.306 e. The summed E-state index contributed by atoms with van der Waals surface area (Å²) in [6, 6.07) is 0. The van der Waals surface area contributed by atoms with Crippen LogP contribution in [0.15, 0.2) is 0 Å². The van der Waals surface area contributed by atoms with Crippen molar-refractivity contribution in [2.75, 3.05) is 54.1 Å². The Morgan fingerprint density at radius 3 is 1.77 bits per heavy atom. The maximum Gasteiger partial charge on any atom is 0.306 e. The molecule has 0 aromatic carbocycles. The normalized spacial score (nSPS) is 14.2. The van der Waals surface area contributed by atoms with Crippen molar-refractivity contribution in [3.8, 4) is 0 Å². The first-order valence-corrected chi connectivity index (χ1v) is 16.3. The number of hydrogen-bond donors (Lipinski definition) is 1. The van der Waals surface area contributed by atoms with Crippen molar-refractivity contribution in [3.05, 3.63) is 0 Å². The SMILES string of the molecule is CCCCCCCCCCCCCCCCOCC(COP(=O)([O-])OCC[N+](C)(C)C)OC(=O)CCC(=O)O. The molecule has 0 saturated carbocycles. The first kappa shape index (κ1) is 38.0. The van der Waals surface area contributed by atoms with Gasteiger partial charge in [0.25, 0.3) is 7.82 Å². The van der Waals surface area contributed by atoms with E-state index in [-0.39, 0.29) is 26.1 Å². The number of carbonyl (C=O) groups is 2. The monoisotopic (exact) mass is 581 g/mol. The van der Waals surface area contributed by atoms with Gasteiger partial charge in [0.05, 0.1) is 47.2 Å². The van der Waals surface area contributed by atoms with Gasteiger partial charge in [0.2, 0.25) is 0 Å². The Labute approximate surface area is 236 Å². The molecule has 0 aromatic rings. The van der Waals surface area contributed by atoms with Gasteiger partial charge in [0, 0.05) is 6.61 Å². The third kappa shape index (κ3) is 28.3. The van der Waals surface area contributed by atoms with Crippen LogP contribution in [-0.2, 0) is 32.7 Å². The van der Waals surface area contributed by atoms with E-state index >= 15 is 0 Å². The van der Waals surface area contributed by atoms with Gasteiger partial charge in [-0.3, -0.25) is 14.2 Å². The van der Waals surface area contributed by atoms with Crippen LogP contribution in [0.4, 0.5) is 0 Å². The predicted octanol–water partition coefficient (Wildman–Crippen LogP) is 5.47. The van der Waals surface area contributed by atoms with Gasteiger partial charge in [0.1, 0.15) is 19.3 Å². The van der Waals surface area contributed by atoms with Gasteiger partial charge >= 0.3 is 11.9 Å². The second kappa shape index (κ2) is 23.7. The second-order valence-electron chi connectivity index (χ2n) is 11.3. The van der Waals surface area contributed by atoms with Crippen LogP contribution in [0.5, 0.6) is 0 Å². The zero-order valence-electron chi connectivity index (χ0n) is 25.0. The van der Waals surface area contributed by atoms with Crippen molar-refractivity contribution >= 4 is 19.8 Å². The summed E-state index contributed by atoms with van der Waals surface area (Å²) in [5.41, 5.74) is 0. The van der Waals surface area contributed by atoms with E-state index in [9.17, 15) is 19.0 Å². The summed E-state index contributed by atoms with van der Waals surface area (Å²) in [6.45, 7) is 2.62. The van der Waals surface area contributed by atoms with E-state index in [0.29, 0.717) is 17.6 Å². The minimum Gasteiger partial charge on any atom is -0.756 e. The van der Waals surface area contributed by atoms with Gasteiger partial charge in [-0.25, -0.2) is 0 Å². The zero-order valence-corrected chi connectivity index (χ0v) is 25.9. The minimum absolute atomic E-state index is 0.0387. The number of phosphoric ester groups is 1. The molecular formula is C28H56NO9P. The van der Waals surface area contributed by atoms with Crippen molar-refractivity contribution in [3.63, 3.8) is 0 Å². The van der Waals surface area contributed by atoms with Crippen LogP contribution in [0.25, 0.3) is 0 Å². The molecule has 2 unspecified atom stereocenters. The predicted molar refractivity (Wildman–Crippen MR) is 150 cm³/mol. The lowest BCUT2D eigenvalue weighted by Crippen LogP contribution is -2.37. The van der Waals surface area contributed by atoms with E-state index in [1.54, 1.807) is 0 Å². The molecule has 0 spiro atoms. The number of carboxylic acids is 1. The molecule has 0 aliphatic rings. The number of esters is 1.